The van der Waals surface area contributed by atoms with E-state index in [0.29, 0.717) is 17.6 Å². The number of carboxylic acids is 1. The van der Waals surface area contributed by atoms with E-state index in [0.717, 1.165) is 5.69 Å². The van der Waals surface area contributed by atoms with Gasteiger partial charge in [-0.3, -0.25) is 10.1 Å². The number of aromatic nitrogens is 1. The fourth-order valence-corrected chi connectivity index (χ4v) is 3.32. The standard InChI is InChI=1S/C13H17N3O3S/c1-7-4-16(5-9(7)11(17)18)13(19)15-12-14-10(6-20-12)8-2-3-8/h6-9H,2-5H2,1H3,(H,17,18)(H,14,15,19)/t7-,9-/m1/s1. The van der Waals surface area contributed by atoms with Crippen LogP contribution in [0.1, 0.15) is 31.4 Å². The molecule has 2 fully saturated rings. The number of thiazole rings is 1. The summed E-state index contributed by atoms with van der Waals surface area (Å²) in [6.07, 6.45) is 2.36. The lowest BCUT2D eigenvalue weighted by molar-refractivity contribution is -0.142. The van der Waals surface area contributed by atoms with Crippen LogP contribution < -0.4 is 5.32 Å². The molecule has 2 atom stereocenters. The van der Waals surface area contributed by atoms with Gasteiger partial charge in [-0.25, -0.2) is 9.78 Å². The second kappa shape index (κ2) is 5.05. The molecule has 1 aromatic rings. The van der Waals surface area contributed by atoms with Gasteiger partial charge in [0.15, 0.2) is 5.13 Å². The summed E-state index contributed by atoms with van der Waals surface area (Å²) in [5.41, 5.74) is 1.06. The third-order valence-corrected chi connectivity index (χ3v) is 4.72. The highest BCUT2D eigenvalue weighted by Crippen LogP contribution is 2.40. The minimum absolute atomic E-state index is 0.0171. The van der Waals surface area contributed by atoms with E-state index in [2.05, 4.69) is 10.3 Å². The maximum absolute atomic E-state index is 12.1. The van der Waals surface area contributed by atoms with Crippen molar-refractivity contribution in [2.75, 3.05) is 18.4 Å². The molecule has 2 N–H and O–H groups in total. The smallest absolute Gasteiger partial charge is 0.323 e. The van der Waals surface area contributed by atoms with Gasteiger partial charge in [-0.1, -0.05) is 6.92 Å². The van der Waals surface area contributed by atoms with E-state index in [4.69, 9.17) is 5.11 Å². The molecule has 108 valence electrons. The minimum atomic E-state index is -0.835. The van der Waals surface area contributed by atoms with Gasteiger partial charge in [0.1, 0.15) is 0 Å². The van der Waals surface area contributed by atoms with Crippen LogP contribution in [-0.4, -0.2) is 40.1 Å². The molecule has 1 saturated heterocycles. The summed E-state index contributed by atoms with van der Waals surface area (Å²) >= 11 is 1.43. The molecule has 2 heterocycles. The summed E-state index contributed by atoms with van der Waals surface area (Å²) < 4.78 is 0. The van der Waals surface area contributed by atoms with Crippen LogP contribution in [0.2, 0.25) is 0 Å². The Morgan fingerprint density at radius 2 is 2.20 bits per heavy atom. The van der Waals surface area contributed by atoms with Crippen LogP contribution in [0.25, 0.3) is 0 Å². The maximum atomic E-state index is 12.1. The van der Waals surface area contributed by atoms with Gasteiger partial charge in [-0.15, -0.1) is 11.3 Å². The molecule has 1 aromatic heterocycles. The number of hydrogen-bond donors (Lipinski definition) is 2. The Morgan fingerprint density at radius 3 is 2.80 bits per heavy atom. The molecule has 0 aromatic carbocycles. The largest absolute Gasteiger partial charge is 0.481 e. The Hall–Kier alpha value is -1.63. The second-order valence-corrected chi connectivity index (χ2v) is 6.47. The molecule has 1 aliphatic carbocycles. The number of carbonyl (C=O) groups excluding carboxylic acids is 1. The normalized spacial score (nSPS) is 25.8. The molecular weight excluding hydrogens is 278 g/mol. The van der Waals surface area contributed by atoms with Crippen LogP contribution in [0.4, 0.5) is 9.93 Å². The monoisotopic (exact) mass is 295 g/mol. The fraction of sp³-hybridized carbons (Fsp3) is 0.615. The molecule has 7 heteroatoms. The van der Waals surface area contributed by atoms with E-state index in [9.17, 15) is 9.59 Å². The van der Waals surface area contributed by atoms with Crippen molar-refractivity contribution in [2.24, 2.45) is 11.8 Å². The Bertz CT molecular complexity index is 541. The Labute approximate surface area is 120 Å². The molecule has 0 bridgehead atoms. The Kier molecular flexibility index (Phi) is 3.37. The van der Waals surface area contributed by atoms with Crippen molar-refractivity contribution in [3.8, 4) is 0 Å². The topological polar surface area (TPSA) is 82.5 Å². The number of urea groups is 1. The summed E-state index contributed by atoms with van der Waals surface area (Å²) in [7, 11) is 0. The van der Waals surface area contributed by atoms with Crippen LogP contribution in [0.5, 0.6) is 0 Å². The van der Waals surface area contributed by atoms with E-state index in [1.807, 2.05) is 12.3 Å². The van der Waals surface area contributed by atoms with Crippen molar-refractivity contribution in [2.45, 2.75) is 25.7 Å². The van der Waals surface area contributed by atoms with Gasteiger partial charge in [0, 0.05) is 24.4 Å². The zero-order valence-electron chi connectivity index (χ0n) is 11.2. The van der Waals surface area contributed by atoms with Gasteiger partial charge in [-0.2, -0.15) is 0 Å². The molecule has 0 spiro atoms. The zero-order chi connectivity index (χ0) is 14.3. The van der Waals surface area contributed by atoms with E-state index in [1.54, 1.807) is 4.90 Å². The first-order valence-corrected chi connectivity index (χ1v) is 7.66. The van der Waals surface area contributed by atoms with Crippen LogP contribution in [0.3, 0.4) is 0 Å². The lowest BCUT2D eigenvalue weighted by atomic mass is 9.99. The van der Waals surface area contributed by atoms with Gasteiger partial charge in [0.25, 0.3) is 0 Å². The van der Waals surface area contributed by atoms with Gasteiger partial charge in [-0.05, 0) is 18.8 Å². The average Bonchev–Trinajstić information content (AvgIpc) is 3.01. The van der Waals surface area contributed by atoms with Crippen LogP contribution >= 0.6 is 11.3 Å². The Balaban J connectivity index is 1.60. The average molecular weight is 295 g/mol. The van der Waals surface area contributed by atoms with Crippen molar-refractivity contribution in [3.63, 3.8) is 0 Å². The number of aliphatic carboxylic acids is 1. The highest BCUT2D eigenvalue weighted by molar-refractivity contribution is 7.13. The lowest BCUT2D eigenvalue weighted by Crippen LogP contribution is -2.33. The number of likely N-dealkylation sites (tertiary alicyclic amines) is 1. The summed E-state index contributed by atoms with van der Waals surface area (Å²) in [4.78, 5) is 29.1. The number of nitrogens with one attached hydrogen (secondary N) is 1. The number of anilines is 1. The first kappa shape index (κ1) is 13.4. The molecule has 6 nitrogen and oxygen atoms in total. The summed E-state index contributed by atoms with van der Waals surface area (Å²) in [5.74, 6) is -0.756. The molecule has 2 aliphatic rings. The van der Waals surface area contributed by atoms with E-state index < -0.39 is 11.9 Å². The summed E-state index contributed by atoms with van der Waals surface area (Å²) in [6, 6.07) is -0.253. The molecule has 20 heavy (non-hydrogen) atoms. The molecular formula is C13H17N3O3S. The molecule has 1 aliphatic heterocycles. The number of carboxylic acid groups (broad SMARTS) is 1. The number of rotatable bonds is 3. The molecule has 3 rings (SSSR count). The molecule has 0 unspecified atom stereocenters. The van der Waals surface area contributed by atoms with E-state index in [1.165, 1.54) is 24.2 Å². The van der Waals surface area contributed by atoms with Crippen molar-refractivity contribution < 1.29 is 14.7 Å². The van der Waals surface area contributed by atoms with Crippen molar-refractivity contribution in [1.82, 2.24) is 9.88 Å². The van der Waals surface area contributed by atoms with Crippen LogP contribution in [0, 0.1) is 11.8 Å². The third kappa shape index (κ3) is 2.63. The third-order valence-electron chi connectivity index (χ3n) is 3.95. The maximum Gasteiger partial charge on any atom is 0.323 e. The minimum Gasteiger partial charge on any atom is -0.481 e. The van der Waals surface area contributed by atoms with Crippen LogP contribution in [-0.2, 0) is 4.79 Å². The van der Waals surface area contributed by atoms with Crippen LogP contribution in [0.15, 0.2) is 5.38 Å². The van der Waals surface area contributed by atoms with Crippen molar-refractivity contribution in [3.05, 3.63) is 11.1 Å². The first-order valence-electron chi connectivity index (χ1n) is 6.78. The summed E-state index contributed by atoms with van der Waals surface area (Å²) in [5, 5.41) is 14.4. The van der Waals surface area contributed by atoms with Gasteiger partial charge in [0.2, 0.25) is 0 Å². The predicted molar refractivity (Wildman–Crippen MR) is 75.0 cm³/mol. The fourth-order valence-electron chi connectivity index (χ4n) is 2.53. The molecule has 0 radical (unpaired) electrons. The van der Waals surface area contributed by atoms with Gasteiger partial charge in [0.05, 0.1) is 11.6 Å². The van der Waals surface area contributed by atoms with Gasteiger partial charge < -0.3 is 10.0 Å². The Morgan fingerprint density at radius 1 is 1.45 bits per heavy atom. The molecule has 1 saturated carbocycles. The number of amides is 2. The second-order valence-electron chi connectivity index (χ2n) is 5.61. The zero-order valence-corrected chi connectivity index (χ0v) is 12.0. The first-order chi connectivity index (χ1) is 9.54. The SMILES string of the molecule is C[C@@H]1CN(C(=O)Nc2nc(C3CC3)cs2)C[C@H]1C(=O)O. The number of carbonyl (C=O) groups is 2. The number of nitrogens with zero attached hydrogens (tertiary/aromatic N) is 2. The van der Waals surface area contributed by atoms with Crippen molar-refractivity contribution >= 4 is 28.5 Å². The highest BCUT2D eigenvalue weighted by Gasteiger charge is 2.37. The van der Waals surface area contributed by atoms with Gasteiger partial charge >= 0.3 is 12.0 Å². The highest BCUT2D eigenvalue weighted by atomic mass is 32.1. The number of hydrogen-bond acceptors (Lipinski definition) is 4. The lowest BCUT2D eigenvalue weighted by Gasteiger charge is -2.15. The molecule has 2 amide bonds. The summed E-state index contributed by atoms with van der Waals surface area (Å²) in [6.45, 7) is 2.60. The van der Waals surface area contributed by atoms with E-state index in [-0.39, 0.29) is 18.5 Å². The van der Waals surface area contributed by atoms with E-state index >= 15 is 0 Å². The van der Waals surface area contributed by atoms with Crippen molar-refractivity contribution in [1.29, 1.82) is 0 Å². The quantitative estimate of drug-likeness (QED) is 0.895. The predicted octanol–water partition coefficient (Wildman–Crippen LogP) is 2.20.